The van der Waals surface area contributed by atoms with E-state index in [1.165, 1.54) is 12.1 Å². The largest absolute Gasteiger partial charge is 0.309 e. The molecular weight excluding hydrogens is 339 g/mol. The highest BCUT2D eigenvalue weighted by Gasteiger charge is 2.32. The molecule has 0 aromatic heterocycles. The van der Waals surface area contributed by atoms with Crippen LogP contribution < -0.4 is 4.90 Å². The van der Waals surface area contributed by atoms with Crippen molar-refractivity contribution in [1.82, 2.24) is 0 Å². The van der Waals surface area contributed by atoms with Crippen LogP contribution >= 0.6 is 39.1 Å². The van der Waals surface area contributed by atoms with Crippen molar-refractivity contribution < 1.29 is 4.79 Å². The van der Waals surface area contributed by atoms with E-state index in [0.29, 0.717) is 34.3 Å². The average Bonchev–Trinajstić information content (AvgIpc) is 2.70. The lowest BCUT2D eigenvalue weighted by Crippen LogP contribution is -2.25. The number of nitriles is 1. The Hall–Kier alpha value is -0.760. The van der Waals surface area contributed by atoms with E-state index in [9.17, 15) is 4.79 Å². The van der Waals surface area contributed by atoms with Crippen molar-refractivity contribution in [3.63, 3.8) is 0 Å². The molecular formula is C12H9BrCl2N2O. The van der Waals surface area contributed by atoms with Crippen LogP contribution in [0.5, 0.6) is 0 Å². The monoisotopic (exact) mass is 346 g/mol. The lowest BCUT2D eigenvalue weighted by atomic mass is 10.1. The van der Waals surface area contributed by atoms with Crippen molar-refractivity contribution in [3.8, 4) is 6.07 Å². The van der Waals surface area contributed by atoms with E-state index in [0.717, 1.165) is 5.33 Å². The van der Waals surface area contributed by atoms with Crippen molar-refractivity contribution in [1.29, 1.82) is 5.26 Å². The number of amides is 1. The molecule has 0 radical (unpaired) electrons. The van der Waals surface area contributed by atoms with Gasteiger partial charge in [0.2, 0.25) is 5.91 Å². The van der Waals surface area contributed by atoms with Crippen molar-refractivity contribution in [2.75, 3.05) is 16.8 Å². The SMILES string of the molecule is N#Cc1cc(Cl)c(N2CC(CBr)CC2=O)c(Cl)c1. The van der Waals surface area contributed by atoms with Gasteiger partial charge >= 0.3 is 0 Å². The van der Waals surface area contributed by atoms with E-state index < -0.39 is 0 Å². The fraction of sp³-hybridized carbons (Fsp3) is 0.333. The summed E-state index contributed by atoms with van der Waals surface area (Å²) in [5.41, 5.74) is 0.892. The highest BCUT2D eigenvalue weighted by molar-refractivity contribution is 9.09. The molecule has 1 aromatic carbocycles. The maximum Gasteiger partial charge on any atom is 0.227 e. The molecule has 1 saturated heterocycles. The third-order valence-corrected chi connectivity index (χ3v) is 4.33. The molecule has 0 spiro atoms. The average molecular weight is 348 g/mol. The summed E-state index contributed by atoms with van der Waals surface area (Å²) >= 11 is 15.6. The topological polar surface area (TPSA) is 44.1 Å². The highest BCUT2D eigenvalue weighted by Crippen LogP contribution is 2.38. The van der Waals surface area contributed by atoms with Crippen molar-refractivity contribution in [2.45, 2.75) is 6.42 Å². The van der Waals surface area contributed by atoms with Crippen LogP contribution in [0.1, 0.15) is 12.0 Å². The van der Waals surface area contributed by atoms with E-state index in [1.54, 1.807) is 4.90 Å². The molecule has 94 valence electrons. The first kappa shape index (κ1) is 13.7. The second-order valence-electron chi connectivity index (χ2n) is 4.13. The summed E-state index contributed by atoms with van der Waals surface area (Å²) in [6, 6.07) is 5.03. The number of benzene rings is 1. The van der Waals surface area contributed by atoms with Gasteiger partial charge in [-0.3, -0.25) is 4.79 Å². The Bertz CT molecular complexity index is 518. The van der Waals surface area contributed by atoms with Gasteiger partial charge in [-0.1, -0.05) is 39.1 Å². The third-order valence-electron chi connectivity index (χ3n) is 2.84. The minimum absolute atomic E-state index is 0.00737. The Labute approximate surface area is 123 Å². The summed E-state index contributed by atoms with van der Waals surface area (Å²) < 4.78 is 0. The molecule has 0 aliphatic carbocycles. The van der Waals surface area contributed by atoms with Gasteiger partial charge in [0, 0.05) is 18.3 Å². The van der Waals surface area contributed by atoms with Crippen LogP contribution in [-0.2, 0) is 4.79 Å². The van der Waals surface area contributed by atoms with Gasteiger partial charge in [-0.15, -0.1) is 0 Å². The van der Waals surface area contributed by atoms with Gasteiger partial charge in [-0.05, 0) is 18.1 Å². The lowest BCUT2D eigenvalue weighted by molar-refractivity contribution is -0.117. The molecule has 3 nitrogen and oxygen atoms in total. The zero-order valence-electron chi connectivity index (χ0n) is 9.29. The quantitative estimate of drug-likeness (QED) is 0.767. The van der Waals surface area contributed by atoms with Gasteiger partial charge in [-0.25, -0.2) is 0 Å². The molecule has 2 rings (SSSR count). The van der Waals surface area contributed by atoms with Gasteiger partial charge in [-0.2, -0.15) is 5.26 Å². The van der Waals surface area contributed by atoms with E-state index in [1.807, 2.05) is 6.07 Å². The Morgan fingerprint density at radius 2 is 2.06 bits per heavy atom. The van der Waals surface area contributed by atoms with Gasteiger partial charge in [0.25, 0.3) is 0 Å². The smallest absolute Gasteiger partial charge is 0.227 e. The summed E-state index contributed by atoms with van der Waals surface area (Å²) in [6.07, 6.45) is 0.484. The first-order valence-electron chi connectivity index (χ1n) is 5.32. The number of nitrogens with zero attached hydrogens (tertiary/aromatic N) is 2. The lowest BCUT2D eigenvalue weighted by Gasteiger charge is -2.19. The van der Waals surface area contributed by atoms with E-state index >= 15 is 0 Å². The van der Waals surface area contributed by atoms with Gasteiger partial charge in [0.05, 0.1) is 27.4 Å². The summed E-state index contributed by atoms with van der Waals surface area (Å²) in [4.78, 5) is 13.5. The van der Waals surface area contributed by atoms with Crippen molar-refractivity contribution >= 4 is 50.7 Å². The first-order valence-corrected chi connectivity index (χ1v) is 7.20. The van der Waals surface area contributed by atoms with Gasteiger partial charge < -0.3 is 4.90 Å². The standard InChI is InChI=1S/C12H9BrCl2N2O/c13-4-8-3-11(18)17(6-8)12-9(14)1-7(5-16)2-10(12)15/h1-2,8H,3-4,6H2. The van der Waals surface area contributed by atoms with E-state index in [4.69, 9.17) is 28.5 Å². The van der Waals surface area contributed by atoms with Crippen LogP contribution in [-0.4, -0.2) is 17.8 Å². The third kappa shape index (κ3) is 2.49. The van der Waals surface area contributed by atoms with Crippen LogP contribution in [0.25, 0.3) is 0 Å². The molecule has 1 fully saturated rings. The number of hydrogen-bond donors (Lipinski definition) is 0. The second kappa shape index (κ2) is 5.48. The van der Waals surface area contributed by atoms with Crippen molar-refractivity contribution in [3.05, 3.63) is 27.7 Å². The molecule has 18 heavy (non-hydrogen) atoms. The Balaban J connectivity index is 2.41. The Morgan fingerprint density at radius 1 is 1.44 bits per heavy atom. The number of carbonyl (C=O) groups excluding carboxylic acids is 1. The Morgan fingerprint density at radius 3 is 2.50 bits per heavy atom. The summed E-state index contributed by atoms with van der Waals surface area (Å²) in [5, 5.41) is 10.3. The number of anilines is 1. The maximum absolute atomic E-state index is 11.9. The van der Waals surface area contributed by atoms with Crippen molar-refractivity contribution in [2.24, 2.45) is 5.92 Å². The normalized spacial score (nSPS) is 19.1. The second-order valence-corrected chi connectivity index (χ2v) is 5.59. The number of alkyl halides is 1. The highest BCUT2D eigenvalue weighted by atomic mass is 79.9. The molecule has 6 heteroatoms. The molecule has 0 N–H and O–H groups in total. The minimum atomic E-state index is 0.00737. The van der Waals surface area contributed by atoms with Crippen LogP contribution in [0, 0.1) is 17.2 Å². The molecule has 1 amide bonds. The molecule has 0 bridgehead atoms. The predicted molar refractivity (Wildman–Crippen MR) is 75.4 cm³/mol. The molecule has 1 heterocycles. The molecule has 1 aromatic rings. The maximum atomic E-state index is 11.9. The summed E-state index contributed by atoms with van der Waals surface area (Å²) in [6.45, 7) is 0.593. The summed E-state index contributed by atoms with van der Waals surface area (Å²) in [5.74, 6) is 0.272. The fourth-order valence-electron chi connectivity index (χ4n) is 1.99. The summed E-state index contributed by atoms with van der Waals surface area (Å²) in [7, 11) is 0. The number of carbonyl (C=O) groups is 1. The van der Waals surface area contributed by atoms with Crippen LogP contribution in [0.15, 0.2) is 12.1 Å². The van der Waals surface area contributed by atoms with Gasteiger partial charge in [0.15, 0.2) is 0 Å². The molecule has 0 saturated carbocycles. The molecule has 1 aliphatic rings. The molecule has 1 unspecified atom stereocenters. The number of rotatable bonds is 2. The number of halogens is 3. The predicted octanol–water partition coefficient (Wildman–Crippen LogP) is 3.61. The van der Waals surface area contributed by atoms with E-state index in [2.05, 4.69) is 15.9 Å². The first-order chi connectivity index (χ1) is 8.56. The van der Waals surface area contributed by atoms with E-state index in [-0.39, 0.29) is 11.8 Å². The van der Waals surface area contributed by atoms with Gasteiger partial charge in [0.1, 0.15) is 0 Å². The number of hydrogen-bond acceptors (Lipinski definition) is 2. The van der Waals surface area contributed by atoms with Crippen LogP contribution in [0.4, 0.5) is 5.69 Å². The Kier molecular flexibility index (Phi) is 4.16. The van der Waals surface area contributed by atoms with Crippen LogP contribution in [0.3, 0.4) is 0 Å². The molecule has 1 atom stereocenters. The molecule has 1 aliphatic heterocycles. The zero-order valence-corrected chi connectivity index (χ0v) is 12.4. The van der Waals surface area contributed by atoms with Crippen LogP contribution in [0.2, 0.25) is 10.0 Å². The zero-order chi connectivity index (χ0) is 13.3. The fourth-order valence-corrected chi connectivity index (χ4v) is 3.11. The minimum Gasteiger partial charge on any atom is -0.309 e.